The summed E-state index contributed by atoms with van der Waals surface area (Å²) < 4.78 is 0. The highest BCUT2D eigenvalue weighted by atomic mass is 15.2. The van der Waals surface area contributed by atoms with Crippen molar-refractivity contribution in [1.82, 2.24) is 15.1 Å². The number of nitrogens with one attached hydrogen (secondary N) is 1. The van der Waals surface area contributed by atoms with Crippen LogP contribution in [-0.2, 0) is 0 Å². The van der Waals surface area contributed by atoms with Gasteiger partial charge in [0.1, 0.15) is 0 Å². The van der Waals surface area contributed by atoms with Gasteiger partial charge in [-0.1, -0.05) is 6.92 Å². The van der Waals surface area contributed by atoms with Crippen LogP contribution in [0.3, 0.4) is 0 Å². The summed E-state index contributed by atoms with van der Waals surface area (Å²) in [7, 11) is 4.44. The third-order valence-corrected chi connectivity index (χ3v) is 4.82. The summed E-state index contributed by atoms with van der Waals surface area (Å²) in [5.41, 5.74) is 0. The number of likely N-dealkylation sites (N-methyl/N-ethyl adjacent to an activating group) is 1. The van der Waals surface area contributed by atoms with Crippen LogP contribution in [0.2, 0.25) is 0 Å². The molecule has 0 bridgehead atoms. The first-order valence-electron chi connectivity index (χ1n) is 7.84. The Balaban J connectivity index is 1.70. The summed E-state index contributed by atoms with van der Waals surface area (Å²) in [6.07, 6.45) is 8.20. The molecular weight excluding hydrogens is 222 g/mol. The zero-order chi connectivity index (χ0) is 13.0. The molecule has 1 saturated carbocycles. The third kappa shape index (κ3) is 3.69. The molecular formula is C15H31N3. The molecule has 0 radical (unpaired) electrons. The van der Waals surface area contributed by atoms with Crippen LogP contribution in [0.4, 0.5) is 0 Å². The molecule has 0 aromatic heterocycles. The van der Waals surface area contributed by atoms with Gasteiger partial charge in [-0.05, 0) is 59.2 Å². The van der Waals surface area contributed by atoms with Gasteiger partial charge in [0.25, 0.3) is 0 Å². The first kappa shape index (κ1) is 14.3. The van der Waals surface area contributed by atoms with Crippen molar-refractivity contribution in [2.75, 3.05) is 33.7 Å². The normalized spacial score (nSPS) is 34.3. The van der Waals surface area contributed by atoms with Crippen LogP contribution in [-0.4, -0.2) is 61.7 Å². The minimum atomic E-state index is 0.793. The predicted octanol–water partition coefficient (Wildman–Crippen LogP) is 1.93. The summed E-state index contributed by atoms with van der Waals surface area (Å²) in [5, 5.41) is 3.68. The zero-order valence-corrected chi connectivity index (χ0v) is 12.5. The Hall–Kier alpha value is -0.120. The SMILES string of the molecule is CCCNC1CCC(N2CCC(N(C)C)C2)CC1. The predicted molar refractivity (Wildman–Crippen MR) is 78.0 cm³/mol. The summed E-state index contributed by atoms with van der Waals surface area (Å²) >= 11 is 0. The van der Waals surface area contributed by atoms with E-state index in [-0.39, 0.29) is 0 Å². The van der Waals surface area contributed by atoms with Gasteiger partial charge in [0.2, 0.25) is 0 Å². The lowest BCUT2D eigenvalue weighted by atomic mass is 9.90. The highest BCUT2D eigenvalue weighted by Crippen LogP contribution is 2.27. The van der Waals surface area contributed by atoms with Crippen LogP contribution in [0, 0.1) is 0 Å². The fourth-order valence-corrected chi connectivity index (χ4v) is 3.51. The molecule has 3 nitrogen and oxygen atoms in total. The number of rotatable bonds is 5. The molecule has 1 unspecified atom stereocenters. The number of likely N-dealkylation sites (tertiary alicyclic amines) is 1. The Bertz CT molecular complexity index is 234. The fraction of sp³-hybridized carbons (Fsp3) is 1.00. The Morgan fingerprint density at radius 2 is 1.83 bits per heavy atom. The molecule has 0 aromatic carbocycles. The molecule has 3 heteroatoms. The molecule has 1 aliphatic heterocycles. The average molecular weight is 253 g/mol. The molecule has 1 saturated heterocycles. The highest BCUT2D eigenvalue weighted by molar-refractivity contribution is 4.89. The van der Waals surface area contributed by atoms with Crippen molar-refractivity contribution in [1.29, 1.82) is 0 Å². The maximum atomic E-state index is 3.68. The van der Waals surface area contributed by atoms with Crippen LogP contribution in [0.15, 0.2) is 0 Å². The van der Waals surface area contributed by atoms with Crippen LogP contribution < -0.4 is 5.32 Å². The summed E-state index contributed by atoms with van der Waals surface area (Å²) in [6, 6.07) is 2.46. The number of nitrogens with zero attached hydrogens (tertiary/aromatic N) is 2. The van der Waals surface area contributed by atoms with E-state index < -0.39 is 0 Å². The molecule has 1 atom stereocenters. The Morgan fingerprint density at radius 3 is 2.39 bits per heavy atom. The average Bonchev–Trinajstić information content (AvgIpc) is 2.87. The lowest BCUT2D eigenvalue weighted by Crippen LogP contribution is -2.42. The maximum Gasteiger partial charge on any atom is 0.0229 e. The maximum absolute atomic E-state index is 3.68. The van der Waals surface area contributed by atoms with Gasteiger partial charge in [0.05, 0.1) is 0 Å². The highest BCUT2D eigenvalue weighted by Gasteiger charge is 2.31. The van der Waals surface area contributed by atoms with E-state index in [2.05, 4.69) is 36.1 Å². The minimum Gasteiger partial charge on any atom is -0.314 e. The molecule has 2 aliphatic rings. The summed E-state index contributed by atoms with van der Waals surface area (Å²) in [5.74, 6) is 0. The van der Waals surface area contributed by atoms with Crippen molar-refractivity contribution in [3.8, 4) is 0 Å². The number of hydrogen-bond donors (Lipinski definition) is 1. The van der Waals surface area contributed by atoms with Gasteiger partial charge in [-0.25, -0.2) is 0 Å². The Labute approximate surface area is 113 Å². The second kappa shape index (κ2) is 6.88. The Morgan fingerprint density at radius 1 is 1.11 bits per heavy atom. The fourth-order valence-electron chi connectivity index (χ4n) is 3.51. The lowest BCUT2D eigenvalue weighted by molar-refractivity contribution is 0.161. The van der Waals surface area contributed by atoms with Crippen molar-refractivity contribution in [2.45, 2.75) is 63.6 Å². The van der Waals surface area contributed by atoms with Crippen molar-refractivity contribution in [2.24, 2.45) is 0 Å². The standard InChI is InChI=1S/C15H31N3/c1-4-10-16-13-5-7-14(8-6-13)18-11-9-15(12-18)17(2)3/h13-16H,4-12H2,1-3H3. The zero-order valence-electron chi connectivity index (χ0n) is 12.5. The van der Waals surface area contributed by atoms with Gasteiger partial charge < -0.3 is 10.2 Å². The molecule has 0 aromatic rings. The second-order valence-corrected chi connectivity index (χ2v) is 6.36. The molecule has 2 fully saturated rings. The van der Waals surface area contributed by atoms with Crippen molar-refractivity contribution in [3.05, 3.63) is 0 Å². The van der Waals surface area contributed by atoms with Gasteiger partial charge in [-0.2, -0.15) is 0 Å². The van der Waals surface area contributed by atoms with Gasteiger partial charge in [-0.15, -0.1) is 0 Å². The van der Waals surface area contributed by atoms with Crippen molar-refractivity contribution in [3.63, 3.8) is 0 Å². The van der Waals surface area contributed by atoms with Gasteiger partial charge >= 0.3 is 0 Å². The summed E-state index contributed by atoms with van der Waals surface area (Å²) in [6.45, 7) is 6.07. The van der Waals surface area contributed by atoms with E-state index >= 15 is 0 Å². The van der Waals surface area contributed by atoms with Crippen LogP contribution in [0.5, 0.6) is 0 Å². The molecule has 18 heavy (non-hydrogen) atoms. The molecule has 106 valence electrons. The summed E-state index contributed by atoms with van der Waals surface area (Å²) in [4.78, 5) is 5.15. The van der Waals surface area contributed by atoms with Crippen LogP contribution in [0.1, 0.15) is 45.4 Å². The van der Waals surface area contributed by atoms with Crippen LogP contribution in [0.25, 0.3) is 0 Å². The lowest BCUT2D eigenvalue weighted by Gasteiger charge is -2.35. The number of hydrogen-bond acceptors (Lipinski definition) is 3. The molecule has 1 N–H and O–H groups in total. The third-order valence-electron chi connectivity index (χ3n) is 4.82. The first-order valence-corrected chi connectivity index (χ1v) is 7.84. The van der Waals surface area contributed by atoms with E-state index in [1.807, 2.05) is 0 Å². The molecule has 1 heterocycles. The molecule has 2 rings (SSSR count). The smallest absolute Gasteiger partial charge is 0.0229 e. The van der Waals surface area contributed by atoms with Crippen molar-refractivity contribution < 1.29 is 0 Å². The van der Waals surface area contributed by atoms with Crippen LogP contribution >= 0.6 is 0 Å². The Kier molecular flexibility index (Phi) is 5.46. The van der Waals surface area contributed by atoms with Crippen molar-refractivity contribution >= 4 is 0 Å². The molecule has 0 spiro atoms. The quantitative estimate of drug-likeness (QED) is 0.808. The molecule has 1 aliphatic carbocycles. The van der Waals surface area contributed by atoms with E-state index in [1.54, 1.807) is 0 Å². The van der Waals surface area contributed by atoms with Gasteiger partial charge in [0.15, 0.2) is 0 Å². The first-order chi connectivity index (χ1) is 8.70. The van der Waals surface area contributed by atoms with Gasteiger partial charge in [0, 0.05) is 31.2 Å². The largest absolute Gasteiger partial charge is 0.314 e. The monoisotopic (exact) mass is 253 g/mol. The minimum absolute atomic E-state index is 0.793. The topological polar surface area (TPSA) is 18.5 Å². The second-order valence-electron chi connectivity index (χ2n) is 6.36. The van der Waals surface area contributed by atoms with Gasteiger partial charge in [-0.3, -0.25) is 4.90 Å². The molecule has 0 amide bonds. The van der Waals surface area contributed by atoms with E-state index in [0.29, 0.717) is 0 Å². The van der Waals surface area contributed by atoms with E-state index in [4.69, 9.17) is 0 Å². The van der Waals surface area contributed by atoms with E-state index in [9.17, 15) is 0 Å². The van der Waals surface area contributed by atoms with E-state index in [1.165, 1.54) is 58.2 Å². The van der Waals surface area contributed by atoms with E-state index in [0.717, 1.165) is 18.1 Å².